The molecule has 2 aromatic rings. The summed E-state index contributed by atoms with van der Waals surface area (Å²) in [6, 6.07) is 5.89. The van der Waals surface area contributed by atoms with Gasteiger partial charge in [0.05, 0.1) is 6.61 Å². The van der Waals surface area contributed by atoms with E-state index in [0.29, 0.717) is 10.8 Å². The number of hydrogen-bond donors (Lipinski definition) is 1. The van der Waals surface area contributed by atoms with Crippen LogP contribution in [0.5, 0.6) is 0 Å². The van der Waals surface area contributed by atoms with Gasteiger partial charge in [0.15, 0.2) is 11.6 Å². The van der Waals surface area contributed by atoms with E-state index in [1.807, 2.05) is 6.92 Å². The lowest BCUT2D eigenvalue weighted by molar-refractivity contribution is 0.124. The monoisotopic (exact) mass is 223 g/mol. The predicted molar refractivity (Wildman–Crippen MR) is 57.6 cm³/mol. The number of halogens is 2. The van der Waals surface area contributed by atoms with E-state index in [9.17, 15) is 8.78 Å². The van der Waals surface area contributed by atoms with Crippen LogP contribution in [0.25, 0.3) is 10.8 Å². The van der Waals surface area contributed by atoms with Crippen molar-refractivity contribution in [1.29, 1.82) is 0 Å². The molecule has 0 spiro atoms. The van der Waals surface area contributed by atoms with Gasteiger partial charge in [-0.1, -0.05) is 6.07 Å². The smallest absolute Gasteiger partial charge is 0.159 e. The molecule has 2 N–H and O–H groups in total. The van der Waals surface area contributed by atoms with E-state index in [4.69, 9.17) is 5.90 Å². The zero-order valence-electron chi connectivity index (χ0n) is 8.76. The van der Waals surface area contributed by atoms with Gasteiger partial charge in [0, 0.05) is 0 Å². The first-order valence-electron chi connectivity index (χ1n) is 4.82. The van der Waals surface area contributed by atoms with Gasteiger partial charge in [-0.25, -0.2) is 14.7 Å². The van der Waals surface area contributed by atoms with E-state index < -0.39 is 11.6 Å². The largest absolute Gasteiger partial charge is 0.300 e. The lowest BCUT2D eigenvalue weighted by Crippen LogP contribution is -2.00. The van der Waals surface area contributed by atoms with Crippen LogP contribution in [0, 0.1) is 18.6 Å². The van der Waals surface area contributed by atoms with Crippen molar-refractivity contribution in [3.8, 4) is 0 Å². The Morgan fingerprint density at radius 1 is 1.06 bits per heavy atom. The number of hydrogen-bond acceptors (Lipinski definition) is 2. The number of benzene rings is 2. The van der Waals surface area contributed by atoms with Gasteiger partial charge in [0.25, 0.3) is 0 Å². The van der Waals surface area contributed by atoms with Crippen molar-refractivity contribution in [2.24, 2.45) is 5.90 Å². The van der Waals surface area contributed by atoms with Gasteiger partial charge in [-0.05, 0) is 47.0 Å². The number of aryl methyl sites for hydroxylation is 1. The van der Waals surface area contributed by atoms with Crippen molar-refractivity contribution < 1.29 is 13.6 Å². The second-order valence-electron chi connectivity index (χ2n) is 3.70. The van der Waals surface area contributed by atoms with Crippen molar-refractivity contribution in [2.75, 3.05) is 0 Å². The summed E-state index contributed by atoms with van der Waals surface area (Å²) in [4.78, 5) is 4.54. The third kappa shape index (κ3) is 1.89. The van der Waals surface area contributed by atoms with Crippen LogP contribution in [0.2, 0.25) is 0 Å². The first-order valence-corrected chi connectivity index (χ1v) is 4.82. The Balaban J connectivity index is 2.65. The average Bonchev–Trinajstić information content (AvgIpc) is 2.23. The maximum absolute atomic E-state index is 13.0. The Morgan fingerprint density at radius 3 is 2.19 bits per heavy atom. The molecule has 0 bridgehead atoms. The van der Waals surface area contributed by atoms with Crippen LogP contribution in [-0.4, -0.2) is 0 Å². The van der Waals surface area contributed by atoms with E-state index in [-0.39, 0.29) is 6.61 Å². The zero-order chi connectivity index (χ0) is 11.7. The van der Waals surface area contributed by atoms with Crippen LogP contribution in [-0.2, 0) is 11.4 Å². The van der Waals surface area contributed by atoms with Crippen LogP contribution >= 0.6 is 0 Å². The molecule has 0 aliphatic carbocycles. The summed E-state index contributed by atoms with van der Waals surface area (Å²) >= 11 is 0. The molecular formula is C12H11F2NO. The number of nitrogens with two attached hydrogens (primary N) is 1. The van der Waals surface area contributed by atoms with E-state index in [1.165, 1.54) is 12.1 Å². The second-order valence-corrected chi connectivity index (χ2v) is 3.70. The van der Waals surface area contributed by atoms with Gasteiger partial charge in [-0.15, -0.1) is 0 Å². The summed E-state index contributed by atoms with van der Waals surface area (Å²) in [7, 11) is 0. The van der Waals surface area contributed by atoms with Crippen molar-refractivity contribution in [3.05, 3.63) is 47.0 Å². The maximum Gasteiger partial charge on any atom is 0.159 e. The predicted octanol–water partition coefficient (Wildman–Crippen LogP) is 2.82. The first-order chi connectivity index (χ1) is 7.61. The molecule has 0 saturated heterocycles. The fourth-order valence-electron chi connectivity index (χ4n) is 1.70. The van der Waals surface area contributed by atoms with Crippen molar-refractivity contribution in [3.63, 3.8) is 0 Å². The summed E-state index contributed by atoms with van der Waals surface area (Å²) in [6.45, 7) is 2.12. The van der Waals surface area contributed by atoms with Crippen LogP contribution in [0.15, 0.2) is 24.3 Å². The van der Waals surface area contributed by atoms with Crippen molar-refractivity contribution in [1.82, 2.24) is 0 Å². The van der Waals surface area contributed by atoms with Crippen LogP contribution < -0.4 is 5.90 Å². The van der Waals surface area contributed by atoms with Crippen LogP contribution in [0.1, 0.15) is 11.1 Å². The number of rotatable bonds is 2. The van der Waals surface area contributed by atoms with Gasteiger partial charge in [-0.3, -0.25) is 4.84 Å². The molecule has 0 aliphatic rings. The quantitative estimate of drug-likeness (QED) is 0.794. The Kier molecular flexibility index (Phi) is 2.85. The van der Waals surface area contributed by atoms with Crippen LogP contribution in [0.4, 0.5) is 8.78 Å². The van der Waals surface area contributed by atoms with E-state index >= 15 is 0 Å². The Hall–Kier alpha value is -1.52. The fourth-order valence-corrected chi connectivity index (χ4v) is 1.70. The minimum Gasteiger partial charge on any atom is -0.300 e. The molecule has 2 aromatic carbocycles. The lowest BCUT2D eigenvalue weighted by atomic mass is 10.0. The van der Waals surface area contributed by atoms with Gasteiger partial charge in [0.2, 0.25) is 0 Å². The molecule has 0 aromatic heterocycles. The van der Waals surface area contributed by atoms with Gasteiger partial charge in [-0.2, -0.15) is 0 Å². The molecule has 4 heteroatoms. The van der Waals surface area contributed by atoms with E-state index in [0.717, 1.165) is 11.1 Å². The molecule has 2 nitrogen and oxygen atoms in total. The Bertz CT molecular complexity index is 540. The SMILES string of the molecule is Cc1cc2cc(F)c(F)cc2cc1CON. The average molecular weight is 223 g/mol. The molecule has 0 atom stereocenters. The normalized spacial score (nSPS) is 11.0. The summed E-state index contributed by atoms with van der Waals surface area (Å²) in [5, 5.41) is 1.30. The molecule has 0 heterocycles. The highest BCUT2D eigenvalue weighted by molar-refractivity contribution is 5.84. The third-order valence-corrected chi connectivity index (χ3v) is 2.57. The Labute approximate surface area is 91.6 Å². The van der Waals surface area contributed by atoms with E-state index in [2.05, 4.69) is 4.84 Å². The topological polar surface area (TPSA) is 35.2 Å². The summed E-state index contributed by atoms with van der Waals surface area (Å²) < 4.78 is 26.0. The van der Waals surface area contributed by atoms with E-state index in [1.54, 1.807) is 12.1 Å². The van der Waals surface area contributed by atoms with Crippen molar-refractivity contribution >= 4 is 10.8 Å². The highest BCUT2D eigenvalue weighted by Gasteiger charge is 2.06. The highest BCUT2D eigenvalue weighted by atomic mass is 19.2. The molecule has 84 valence electrons. The molecule has 0 saturated carbocycles. The molecule has 0 radical (unpaired) electrons. The molecule has 0 fully saturated rings. The molecule has 16 heavy (non-hydrogen) atoms. The number of fused-ring (bicyclic) bond motifs is 1. The van der Waals surface area contributed by atoms with Crippen LogP contribution in [0.3, 0.4) is 0 Å². The molecular weight excluding hydrogens is 212 g/mol. The lowest BCUT2D eigenvalue weighted by Gasteiger charge is -2.07. The summed E-state index contributed by atoms with van der Waals surface area (Å²) in [5.41, 5.74) is 1.80. The minimum absolute atomic E-state index is 0.251. The highest BCUT2D eigenvalue weighted by Crippen LogP contribution is 2.22. The standard InChI is InChI=1S/C12H11F2NO/c1-7-2-8-4-11(13)12(14)5-9(8)3-10(7)6-16-15/h2-5H,6,15H2,1H3. The maximum atomic E-state index is 13.0. The first kappa shape index (κ1) is 11.0. The van der Waals surface area contributed by atoms with Gasteiger partial charge in [0.1, 0.15) is 0 Å². The molecule has 0 amide bonds. The fraction of sp³-hybridized carbons (Fsp3) is 0.167. The summed E-state index contributed by atoms with van der Waals surface area (Å²) in [5.74, 6) is 3.30. The van der Waals surface area contributed by atoms with Crippen molar-refractivity contribution in [2.45, 2.75) is 13.5 Å². The molecule has 2 rings (SSSR count). The second kappa shape index (κ2) is 4.15. The molecule has 0 unspecified atom stereocenters. The Morgan fingerprint density at radius 2 is 1.62 bits per heavy atom. The molecule has 0 aliphatic heterocycles. The third-order valence-electron chi connectivity index (χ3n) is 2.57. The van der Waals surface area contributed by atoms with Gasteiger partial charge < -0.3 is 0 Å². The zero-order valence-corrected chi connectivity index (χ0v) is 8.76. The summed E-state index contributed by atoms with van der Waals surface area (Å²) in [6.07, 6.45) is 0. The van der Waals surface area contributed by atoms with Gasteiger partial charge >= 0.3 is 0 Å². The minimum atomic E-state index is -0.851.